The van der Waals surface area contributed by atoms with E-state index >= 15 is 0 Å². The van der Waals surface area contributed by atoms with Gasteiger partial charge in [0.05, 0.1) is 42.8 Å². The first-order valence-electron chi connectivity index (χ1n) is 19.1. The summed E-state index contributed by atoms with van der Waals surface area (Å²) in [6.07, 6.45) is -5.52. The number of carbonyl (C=O) groups is 3. The number of rotatable bonds is 7. The van der Waals surface area contributed by atoms with Gasteiger partial charge in [0, 0.05) is 37.1 Å². The van der Waals surface area contributed by atoms with Gasteiger partial charge in [-0.2, -0.15) is 0 Å². The maximum atomic E-state index is 14.4. The minimum Gasteiger partial charge on any atom is -0.459 e. The summed E-state index contributed by atoms with van der Waals surface area (Å²) in [7, 11) is 3.67. The molecule has 0 spiro atoms. The zero-order valence-corrected chi connectivity index (χ0v) is 34.0. The molecule has 3 aliphatic heterocycles. The fraction of sp³-hybridized carbons (Fsp3) is 0.763. The van der Waals surface area contributed by atoms with Crippen molar-refractivity contribution in [3.05, 3.63) is 32.6 Å². The predicted octanol–water partition coefficient (Wildman–Crippen LogP) is 1.25. The normalized spacial score (nSPS) is 38.1. The van der Waals surface area contributed by atoms with E-state index in [-0.39, 0.29) is 62.6 Å². The van der Waals surface area contributed by atoms with Crippen LogP contribution in [-0.4, -0.2) is 136 Å². The van der Waals surface area contributed by atoms with Crippen LogP contribution in [0, 0.1) is 17.8 Å². The number of fused-ring (bicyclic) bond motifs is 5. The highest BCUT2D eigenvalue weighted by atomic mass is 16.7. The zero-order valence-electron chi connectivity index (χ0n) is 34.0. The van der Waals surface area contributed by atoms with Gasteiger partial charge in [0.15, 0.2) is 18.7 Å². The van der Waals surface area contributed by atoms with Crippen LogP contribution in [0.1, 0.15) is 86.8 Å². The van der Waals surface area contributed by atoms with Gasteiger partial charge in [-0.3, -0.25) is 24.2 Å². The molecular weight excluding hydrogens is 734 g/mol. The number of ether oxygens (including phenoxy) is 5. The third-order valence-corrected chi connectivity index (χ3v) is 11.0. The number of hydrogen-bond acceptors (Lipinski definition) is 15. The number of amides is 1. The summed E-state index contributed by atoms with van der Waals surface area (Å²) >= 11 is 0. The minimum absolute atomic E-state index is 0.0813. The van der Waals surface area contributed by atoms with Crippen molar-refractivity contribution in [3.63, 3.8) is 0 Å². The fourth-order valence-corrected chi connectivity index (χ4v) is 7.81. The van der Waals surface area contributed by atoms with Crippen LogP contribution in [0.2, 0.25) is 0 Å². The van der Waals surface area contributed by atoms with Crippen LogP contribution in [0.3, 0.4) is 0 Å². The van der Waals surface area contributed by atoms with E-state index in [1.807, 2.05) is 32.8 Å². The molecule has 56 heavy (non-hydrogen) atoms. The van der Waals surface area contributed by atoms with Crippen LogP contribution in [0.4, 0.5) is 0 Å². The number of nitrogens with one attached hydrogen (secondary N) is 2. The average molecular weight is 794 g/mol. The van der Waals surface area contributed by atoms with Crippen molar-refractivity contribution < 1.29 is 53.1 Å². The number of H-pyrrole nitrogens is 2. The van der Waals surface area contributed by atoms with Crippen molar-refractivity contribution in [3.8, 4) is 0 Å². The van der Waals surface area contributed by atoms with E-state index in [2.05, 4.69) is 20.1 Å². The number of hydrogen-bond donors (Lipinski definition) is 4. The van der Waals surface area contributed by atoms with Crippen molar-refractivity contribution in [1.29, 1.82) is 0 Å². The van der Waals surface area contributed by atoms with Crippen LogP contribution >= 0.6 is 0 Å². The van der Waals surface area contributed by atoms with Gasteiger partial charge in [-0.25, -0.2) is 9.79 Å². The number of cyclic esters (lactones) is 1. The number of aromatic nitrogens is 2. The summed E-state index contributed by atoms with van der Waals surface area (Å²) in [6, 6.07) is 0.794. The Labute approximate surface area is 326 Å². The highest BCUT2D eigenvalue weighted by molar-refractivity contribution is 6.00. The summed E-state index contributed by atoms with van der Waals surface area (Å²) < 4.78 is 31.8. The SMILES string of the molecule is CC[C@H]1OC(=O)[C@H](C)C(=O)[C@H](C)[C@@H](O[C@@H]2O[C@H](C)C[C@H](N(C)C)[C@H]2O)[C@@]2(C)C[C@@H](C)C(=NC(C)=O)C[C@@H](OC/C(=N/OCc3cc(=O)[nH]c(=O)[nH]3)CO2)[C@]1(C)O. The second kappa shape index (κ2) is 18.7. The summed E-state index contributed by atoms with van der Waals surface area (Å²) in [5.74, 6) is -4.82. The Hall–Kier alpha value is -3.65. The molecule has 1 amide bonds. The number of ketones is 1. The molecule has 0 radical (unpaired) electrons. The number of nitrogens with zero attached hydrogens (tertiary/aromatic N) is 3. The van der Waals surface area contributed by atoms with Crippen molar-refractivity contribution >= 4 is 29.1 Å². The number of esters is 1. The van der Waals surface area contributed by atoms with Gasteiger partial charge < -0.3 is 48.6 Å². The van der Waals surface area contributed by atoms with Crippen molar-refractivity contribution in [2.45, 2.75) is 142 Å². The number of carbonyl (C=O) groups excluding carboxylic acids is 3. The predicted molar refractivity (Wildman–Crippen MR) is 202 cm³/mol. The van der Waals surface area contributed by atoms with Crippen molar-refractivity contribution in [1.82, 2.24) is 14.9 Å². The highest BCUT2D eigenvalue weighted by Gasteiger charge is 2.51. The topological polar surface area (TPSA) is 241 Å². The Balaban J connectivity index is 1.91. The number of aliphatic hydroxyl groups is 2. The standard InChI is InChI=1S/C38H59N5O13/c1-11-28-38(8,50)29-14-26(39-23(6)44)19(2)15-37(7,52-17-25(16-51-29)42-53-18-24-13-30(45)41-36(49)40-24)33(21(4)31(46)22(5)34(48)55-28)56-35-32(47)27(43(9)10)12-20(3)54-35/h13,19-22,27-29,32-33,35,47,50H,11-12,14-18H2,1-10H3,(H2,40,41,45,49)/b39-26?,42-25-/t19-,20-,21+,22-,27+,28-,29-,32-,33-,35+,37-,38-/m1/s1. The quantitative estimate of drug-likeness (QED) is 0.173. The Morgan fingerprint density at radius 1 is 1.09 bits per heavy atom. The lowest BCUT2D eigenvalue weighted by Gasteiger charge is -2.47. The average Bonchev–Trinajstić information content (AvgIpc) is 3.13. The second-order valence-electron chi connectivity index (χ2n) is 16.0. The molecular formula is C38H59N5O13. The van der Waals surface area contributed by atoms with Crippen LogP contribution < -0.4 is 11.2 Å². The monoisotopic (exact) mass is 793 g/mol. The van der Waals surface area contributed by atoms with Gasteiger partial charge in [-0.1, -0.05) is 25.9 Å². The molecule has 4 rings (SSSR count). The first-order chi connectivity index (χ1) is 26.2. The molecule has 3 fully saturated rings. The number of aliphatic imine (C=N–C) groups is 1. The van der Waals surface area contributed by atoms with E-state index in [4.69, 9.17) is 28.5 Å². The number of Topliss-reactive ketones (excluding diaryl/α,β-unsaturated/α-hetero) is 1. The molecule has 1 aromatic rings. The molecule has 2 bridgehead atoms. The minimum atomic E-state index is -1.88. The molecule has 0 saturated carbocycles. The van der Waals surface area contributed by atoms with Crippen LogP contribution in [0.5, 0.6) is 0 Å². The summed E-state index contributed by atoms with van der Waals surface area (Å²) in [6.45, 7) is 12.0. The van der Waals surface area contributed by atoms with Gasteiger partial charge in [0.2, 0.25) is 5.91 Å². The Morgan fingerprint density at radius 2 is 1.79 bits per heavy atom. The largest absolute Gasteiger partial charge is 0.459 e. The maximum Gasteiger partial charge on any atom is 0.326 e. The van der Waals surface area contributed by atoms with E-state index in [0.29, 0.717) is 12.1 Å². The molecule has 3 aliphatic rings. The highest BCUT2D eigenvalue weighted by Crippen LogP contribution is 2.39. The molecule has 0 unspecified atom stereocenters. The molecule has 0 aromatic carbocycles. The number of aliphatic hydroxyl groups excluding tert-OH is 1. The molecule has 18 heteroatoms. The van der Waals surface area contributed by atoms with E-state index in [1.54, 1.807) is 20.8 Å². The first kappa shape index (κ1) is 45.1. The molecule has 18 nitrogen and oxygen atoms in total. The lowest BCUT2D eigenvalue weighted by atomic mass is 9.76. The Morgan fingerprint density at radius 3 is 2.41 bits per heavy atom. The number of oxime groups is 1. The molecule has 3 saturated heterocycles. The van der Waals surface area contributed by atoms with Gasteiger partial charge in [-0.15, -0.1) is 0 Å². The first-order valence-corrected chi connectivity index (χ1v) is 19.1. The number of likely N-dealkylation sites (N-methyl/N-ethyl adjacent to an activating group) is 1. The summed E-state index contributed by atoms with van der Waals surface area (Å²) in [5, 5.41) is 28.0. The third kappa shape index (κ3) is 10.8. The molecule has 1 aromatic heterocycles. The Kier molecular flexibility index (Phi) is 15.1. The number of aromatic amines is 2. The molecule has 4 heterocycles. The van der Waals surface area contributed by atoms with E-state index in [1.165, 1.54) is 20.8 Å². The van der Waals surface area contributed by atoms with Gasteiger partial charge >= 0.3 is 11.7 Å². The van der Waals surface area contributed by atoms with Crippen molar-refractivity contribution in [2.75, 3.05) is 27.3 Å². The summed E-state index contributed by atoms with van der Waals surface area (Å²) in [4.78, 5) is 80.8. The van der Waals surface area contributed by atoms with E-state index in [9.17, 15) is 34.2 Å². The molecule has 314 valence electrons. The van der Waals surface area contributed by atoms with Gasteiger partial charge in [0.25, 0.3) is 5.56 Å². The van der Waals surface area contributed by atoms with Crippen LogP contribution in [-0.2, 0) is 49.5 Å². The lowest BCUT2D eigenvalue weighted by molar-refractivity contribution is -0.296. The molecule has 0 aliphatic carbocycles. The van der Waals surface area contributed by atoms with E-state index in [0.717, 1.165) is 6.07 Å². The van der Waals surface area contributed by atoms with Gasteiger partial charge in [0.1, 0.15) is 29.4 Å². The fourth-order valence-electron chi connectivity index (χ4n) is 7.81. The van der Waals surface area contributed by atoms with E-state index < -0.39 is 88.6 Å². The zero-order chi connectivity index (χ0) is 41.7. The van der Waals surface area contributed by atoms with Crippen molar-refractivity contribution in [2.24, 2.45) is 27.9 Å². The van der Waals surface area contributed by atoms with Crippen LogP contribution in [0.15, 0.2) is 25.8 Å². The maximum absolute atomic E-state index is 14.4. The third-order valence-electron chi connectivity index (χ3n) is 11.0. The molecule has 12 atom stereocenters. The van der Waals surface area contributed by atoms with Crippen LogP contribution in [0.25, 0.3) is 0 Å². The lowest BCUT2D eigenvalue weighted by Crippen LogP contribution is -2.59. The second-order valence-corrected chi connectivity index (χ2v) is 16.0. The smallest absolute Gasteiger partial charge is 0.326 e. The Bertz CT molecular complexity index is 1710. The summed E-state index contributed by atoms with van der Waals surface area (Å²) in [5.41, 5.74) is -4.04. The van der Waals surface area contributed by atoms with Gasteiger partial charge in [-0.05, 0) is 67.0 Å². The molecule has 4 N–H and O–H groups in total.